The number of phenols is 2. The van der Waals surface area contributed by atoms with Gasteiger partial charge >= 0.3 is 0 Å². The van der Waals surface area contributed by atoms with Gasteiger partial charge in [-0.15, -0.1) is 0 Å². The van der Waals surface area contributed by atoms with E-state index < -0.39 is 5.91 Å². The van der Waals surface area contributed by atoms with E-state index in [9.17, 15) is 30.2 Å². The third kappa shape index (κ3) is 8.92. The van der Waals surface area contributed by atoms with E-state index in [-0.39, 0.29) is 59.1 Å². The lowest BCUT2D eigenvalue weighted by Gasteiger charge is -2.15. The number of benzene rings is 2. The second-order valence-electron chi connectivity index (χ2n) is 8.16. The number of aromatic hydroxyl groups is 2. The number of hydrogen-bond acceptors (Lipinski definition) is 10. The summed E-state index contributed by atoms with van der Waals surface area (Å²) in [6, 6.07) is 6.34. The highest BCUT2D eigenvalue weighted by Crippen LogP contribution is 2.44. The number of carbonyl (C=O) groups is 2. The monoisotopic (exact) mass is 689 g/mol. The van der Waals surface area contributed by atoms with Crippen molar-refractivity contribution in [2.75, 3.05) is 30.6 Å². The van der Waals surface area contributed by atoms with Crippen LogP contribution in [0.3, 0.4) is 0 Å². The summed E-state index contributed by atoms with van der Waals surface area (Å²) in [6.45, 7) is 0.414. The number of nitrogens with one attached hydrogen (secondary N) is 1. The van der Waals surface area contributed by atoms with Gasteiger partial charge in [0.15, 0.2) is 5.78 Å². The van der Waals surface area contributed by atoms with E-state index in [1.165, 1.54) is 0 Å². The molecule has 0 aliphatic carbocycles. The van der Waals surface area contributed by atoms with E-state index >= 15 is 0 Å². The van der Waals surface area contributed by atoms with Crippen LogP contribution in [0, 0.1) is 0 Å². The van der Waals surface area contributed by atoms with Crippen LogP contribution in [0.1, 0.15) is 24.0 Å². The maximum Gasteiger partial charge on any atom is 0.269 e. The first kappa shape index (κ1) is 32.0. The molecule has 0 spiro atoms. The molecule has 2 rings (SSSR count). The first-order valence-corrected chi connectivity index (χ1v) is 15.8. The first-order chi connectivity index (χ1) is 18.2. The average molecular weight is 691 g/mol. The Balaban J connectivity index is 2.41. The molecule has 0 aromatic heterocycles. The predicted molar refractivity (Wildman–Crippen MR) is 160 cm³/mol. The number of phenolic OH excluding ortho intramolecular Hbond substituents is 2. The van der Waals surface area contributed by atoms with Gasteiger partial charge in [0, 0.05) is 42.7 Å². The Morgan fingerprint density at radius 2 is 1.34 bits per heavy atom. The summed E-state index contributed by atoms with van der Waals surface area (Å²) in [5, 5.41) is 49.5. The van der Waals surface area contributed by atoms with Gasteiger partial charge in [-0.25, -0.2) is 0 Å². The lowest BCUT2D eigenvalue weighted by Crippen LogP contribution is -2.33. The molecule has 0 aliphatic rings. The lowest BCUT2D eigenvalue weighted by atomic mass is 9.95. The Kier molecular flexibility index (Phi) is 13.5. The van der Waals surface area contributed by atoms with Gasteiger partial charge in [-0.2, -0.15) is 23.5 Å². The van der Waals surface area contributed by atoms with Gasteiger partial charge in [0.1, 0.15) is 22.9 Å². The fourth-order valence-corrected chi connectivity index (χ4v) is 5.31. The maximum absolute atomic E-state index is 12.5. The van der Waals surface area contributed by atoms with Crippen molar-refractivity contribution >= 4 is 78.5 Å². The van der Waals surface area contributed by atoms with Crippen molar-refractivity contribution in [3.8, 4) is 22.6 Å². The molecule has 2 aromatic carbocycles. The van der Waals surface area contributed by atoms with Crippen molar-refractivity contribution in [3.05, 3.63) is 44.3 Å². The molecule has 0 radical (unpaired) electrons. The summed E-state index contributed by atoms with van der Waals surface area (Å²) < 4.78 is 0.608. The number of Topliss-reactive ketones (excluding diaryl/α,β-unsaturated/α-hetero) is 1. The standard InChI is InChI=1S/C25H29Br2N3O6S2/c1-37-6-3-4-22(31)20(29-35)12-14-8-16(23(32)18(26)10-14)17-9-15(11-19(27)24(17)33)13-21(30-36)25(34)28-5-7-38-2/h8-11,32-33,35-36H,3-7,12-13H2,1-2H3,(H,28,34)/b29-20-,30-21-. The molecule has 0 saturated heterocycles. The summed E-state index contributed by atoms with van der Waals surface area (Å²) in [5.41, 5.74) is 1.45. The number of thioether (sulfide) groups is 2. The van der Waals surface area contributed by atoms with Crippen molar-refractivity contribution in [1.82, 2.24) is 5.32 Å². The number of carbonyl (C=O) groups excluding carboxylic acids is 2. The molecule has 38 heavy (non-hydrogen) atoms. The molecule has 206 valence electrons. The number of amides is 1. The van der Waals surface area contributed by atoms with Crippen LogP contribution >= 0.6 is 55.4 Å². The van der Waals surface area contributed by atoms with E-state index in [2.05, 4.69) is 47.5 Å². The average Bonchev–Trinajstić information content (AvgIpc) is 2.89. The number of ketones is 1. The van der Waals surface area contributed by atoms with E-state index in [1.54, 1.807) is 47.8 Å². The highest BCUT2D eigenvalue weighted by molar-refractivity contribution is 9.11. The predicted octanol–water partition coefficient (Wildman–Crippen LogP) is 5.23. The SMILES string of the molecule is CSCCCC(=O)/C(Cc1cc(Br)c(O)c(-c2cc(C/C(=N/O)C(=O)NCCSC)cc(Br)c2O)c1)=N\O. The minimum atomic E-state index is -0.516. The molecule has 9 nitrogen and oxygen atoms in total. The second kappa shape index (κ2) is 16.0. The second-order valence-corrected chi connectivity index (χ2v) is 11.8. The smallest absolute Gasteiger partial charge is 0.269 e. The molecular weight excluding hydrogens is 662 g/mol. The van der Waals surface area contributed by atoms with Gasteiger partial charge in [0.05, 0.1) is 8.95 Å². The zero-order chi connectivity index (χ0) is 28.2. The van der Waals surface area contributed by atoms with Gasteiger partial charge < -0.3 is 25.9 Å². The van der Waals surface area contributed by atoms with E-state index in [0.29, 0.717) is 38.8 Å². The summed E-state index contributed by atoms with van der Waals surface area (Å²) >= 11 is 9.81. The number of rotatable bonds is 14. The quantitative estimate of drug-likeness (QED) is 0.0783. The molecule has 2 aromatic rings. The molecule has 0 heterocycles. The van der Waals surface area contributed by atoms with Crippen LogP contribution < -0.4 is 5.32 Å². The lowest BCUT2D eigenvalue weighted by molar-refractivity contribution is -0.115. The minimum Gasteiger partial charge on any atom is -0.506 e. The molecule has 0 saturated carbocycles. The normalized spacial score (nSPS) is 12.0. The van der Waals surface area contributed by atoms with Crippen LogP contribution in [0.2, 0.25) is 0 Å². The maximum atomic E-state index is 12.5. The topological polar surface area (TPSA) is 152 Å². The van der Waals surface area contributed by atoms with Crippen LogP contribution in [0.25, 0.3) is 11.1 Å². The van der Waals surface area contributed by atoms with Gasteiger partial charge in [-0.05, 0) is 91.9 Å². The van der Waals surface area contributed by atoms with Crippen molar-refractivity contribution in [3.63, 3.8) is 0 Å². The highest BCUT2D eigenvalue weighted by atomic mass is 79.9. The first-order valence-electron chi connectivity index (χ1n) is 11.4. The van der Waals surface area contributed by atoms with Gasteiger partial charge in [0.25, 0.3) is 5.91 Å². The Morgan fingerprint density at radius 1 is 0.842 bits per heavy atom. The molecule has 0 fully saturated rings. The fraction of sp³-hybridized carbons (Fsp3) is 0.360. The zero-order valence-corrected chi connectivity index (χ0v) is 25.6. The van der Waals surface area contributed by atoms with E-state index in [0.717, 1.165) is 5.75 Å². The van der Waals surface area contributed by atoms with Gasteiger partial charge in [-0.1, -0.05) is 10.3 Å². The minimum absolute atomic E-state index is 0.00918. The third-order valence-electron chi connectivity index (χ3n) is 5.45. The molecule has 0 atom stereocenters. The van der Waals surface area contributed by atoms with Gasteiger partial charge in [0.2, 0.25) is 0 Å². The third-order valence-corrected chi connectivity index (χ3v) is 7.97. The molecule has 0 unspecified atom stereocenters. The van der Waals surface area contributed by atoms with Gasteiger partial charge in [-0.3, -0.25) is 9.59 Å². The van der Waals surface area contributed by atoms with Crippen LogP contribution in [0.4, 0.5) is 0 Å². The Bertz CT molecular complexity index is 1130. The summed E-state index contributed by atoms with van der Waals surface area (Å²) in [6.07, 6.45) is 4.74. The molecule has 5 N–H and O–H groups in total. The molecule has 1 amide bonds. The Hall–Kier alpha value is -2.22. The summed E-state index contributed by atoms with van der Waals surface area (Å²) in [7, 11) is 0. The van der Waals surface area contributed by atoms with Crippen LogP contribution in [-0.2, 0) is 22.4 Å². The van der Waals surface area contributed by atoms with Crippen LogP contribution in [-0.4, -0.2) is 74.3 Å². The molecule has 13 heteroatoms. The van der Waals surface area contributed by atoms with Crippen LogP contribution in [0.15, 0.2) is 43.5 Å². The highest BCUT2D eigenvalue weighted by Gasteiger charge is 2.21. The number of nitrogens with zero attached hydrogens (tertiary/aromatic N) is 2. The Labute approximate surface area is 246 Å². The molecule has 0 aliphatic heterocycles. The Morgan fingerprint density at radius 3 is 1.82 bits per heavy atom. The summed E-state index contributed by atoms with van der Waals surface area (Å²) in [4.78, 5) is 24.9. The van der Waals surface area contributed by atoms with Crippen molar-refractivity contribution in [1.29, 1.82) is 0 Å². The van der Waals surface area contributed by atoms with Crippen molar-refractivity contribution < 1.29 is 30.2 Å². The van der Waals surface area contributed by atoms with Crippen molar-refractivity contribution in [2.24, 2.45) is 10.3 Å². The van der Waals surface area contributed by atoms with E-state index in [4.69, 9.17) is 0 Å². The fourth-order valence-electron chi connectivity index (χ4n) is 3.55. The van der Waals surface area contributed by atoms with Crippen molar-refractivity contribution in [2.45, 2.75) is 25.7 Å². The summed E-state index contributed by atoms with van der Waals surface area (Å²) in [5.74, 6) is 0.406. The van der Waals surface area contributed by atoms with E-state index in [1.807, 2.05) is 12.5 Å². The number of hydrogen-bond donors (Lipinski definition) is 5. The molecule has 0 bridgehead atoms. The number of oxime groups is 2. The largest absolute Gasteiger partial charge is 0.506 e. The van der Waals surface area contributed by atoms with Crippen LogP contribution in [0.5, 0.6) is 11.5 Å². The molecular formula is C25H29Br2N3O6S2. The zero-order valence-electron chi connectivity index (χ0n) is 20.8. The number of halogens is 2.